The minimum atomic E-state index is -3.57. The van der Waals surface area contributed by atoms with Gasteiger partial charge in [0.25, 0.3) is 0 Å². The third-order valence-corrected chi connectivity index (χ3v) is 5.63. The number of ether oxygens (including phenoxy) is 1. The maximum atomic E-state index is 12.1. The van der Waals surface area contributed by atoms with Gasteiger partial charge in [0.15, 0.2) is 0 Å². The minimum absolute atomic E-state index is 0.0534. The summed E-state index contributed by atoms with van der Waals surface area (Å²) >= 11 is 0. The van der Waals surface area contributed by atoms with E-state index in [1.807, 2.05) is 6.92 Å². The van der Waals surface area contributed by atoms with Crippen molar-refractivity contribution in [2.45, 2.75) is 50.3 Å². The normalized spacial score (nSPS) is 16.2. The van der Waals surface area contributed by atoms with Crippen molar-refractivity contribution in [3.05, 3.63) is 29.8 Å². The zero-order chi connectivity index (χ0) is 16.7. The number of rotatable bonds is 7. The summed E-state index contributed by atoms with van der Waals surface area (Å²) in [4.78, 5) is 11.9. The molecule has 0 radical (unpaired) electrons. The van der Waals surface area contributed by atoms with E-state index in [-0.39, 0.29) is 23.8 Å². The zero-order valence-electron chi connectivity index (χ0n) is 13.6. The molecule has 6 heteroatoms. The molecule has 2 rings (SSSR count). The Morgan fingerprint density at radius 1 is 1.17 bits per heavy atom. The summed E-state index contributed by atoms with van der Waals surface area (Å²) in [7, 11) is -3.57. The Bertz CT molecular complexity index is 604. The molecule has 0 saturated heterocycles. The number of hydrogen-bond acceptors (Lipinski definition) is 4. The van der Waals surface area contributed by atoms with Crippen molar-refractivity contribution in [2.75, 3.05) is 13.2 Å². The predicted molar refractivity (Wildman–Crippen MR) is 88.5 cm³/mol. The summed E-state index contributed by atoms with van der Waals surface area (Å²) < 4.78 is 31.8. The van der Waals surface area contributed by atoms with E-state index in [4.69, 9.17) is 4.74 Å². The Morgan fingerprint density at radius 3 is 2.48 bits per heavy atom. The maximum absolute atomic E-state index is 12.1. The predicted octanol–water partition coefficient (Wildman–Crippen LogP) is 2.79. The smallest absolute Gasteiger partial charge is 0.307 e. The number of benzene rings is 1. The van der Waals surface area contributed by atoms with Gasteiger partial charge >= 0.3 is 5.97 Å². The van der Waals surface area contributed by atoms with Crippen LogP contribution in [0.5, 0.6) is 0 Å². The van der Waals surface area contributed by atoms with E-state index in [0.717, 1.165) is 18.4 Å². The van der Waals surface area contributed by atoms with Crippen LogP contribution in [0.25, 0.3) is 0 Å². The Morgan fingerprint density at radius 2 is 1.83 bits per heavy atom. The topological polar surface area (TPSA) is 72.5 Å². The first-order valence-electron chi connectivity index (χ1n) is 8.19. The number of sulfonamides is 1. The first kappa shape index (κ1) is 17.9. The van der Waals surface area contributed by atoms with Gasteiger partial charge in [0.05, 0.1) is 17.9 Å². The highest BCUT2D eigenvalue weighted by Gasteiger charge is 2.17. The van der Waals surface area contributed by atoms with Crippen LogP contribution in [0.3, 0.4) is 0 Å². The van der Waals surface area contributed by atoms with Crippen LogP contribution in [0, 0.1) is 12.8 Å². The minimum Gasteiger partial charge on any atom is -0.465 e. The molecular formula is C17H25NO4S. The van der Waals surface area contributed by atoms with E-state index in [0.29, 0.717) is 12.5 Å². The fraction of sp³-hybridized carbons (Fsp3) is 0.588. The zero-order valence-corrected chi connectivity index (χ0v) is 14.4. The van der Waals surface area contributed by atoms with E-state index >= 15 is 0 Å². The van der Waals surface area contributed by atoms with E-state index in [2.05, 4.69) is 4.72 Å². The van der Waals surface area contributed by atoms with Crippen LogP contribution in [0.15, 0.2) is 29.2 Å². The number of nitrogens with one attached hydrogen (secondary N) is 1. The first-order chi connectivity index (χ1) is 11.0. The Balaban J connectivity index is 1.70. The number of hydrogen-bond donors (Lipinski definition) is 1. The van der Waals surface area contributed by atoms with Crippen LogP contribution >= 0.6 is 0 Å². The van der Waals surface area contributed by atoms with E-state index in [1.54, 1.807) is 24.3 Å². The Hall–Kier alpha value is -1.40. The molecule has 0 aromatic heterocycles. The lowest BCUT2D eigenvalue weighted by atomic mass is 9.90. The molecular weight excluding hydrogens is 314 g/mol. The van der Waals surface area contributed by atoms with E-state index < -0.39 is 10.0 Å². The summed E-state index contributed by atoms with van der Waals surface area (Å²) in [6.45, 7) is 2.41. The second-order valence-electron chi connectivity index (χ2n) is 6.15. The second kappa shape index (κ2) is 8.45. The molecule has 1 aliphatic rings. The lowest BCUT2D eigenvalue weighted by molar-refractivity contribution is -0.145. The van der Waals surface area contributed by atoms with E-state index in [1.165, 1.54) is 19.3 Å². The third kappa shape index (κ3) is 5.95. The van der Waals surface area contributed by atoms with Crippen molar-refractivity contribution in [3.8, 4) is 0 Å². The number of esters is 1. The van der Waals surface area contributed by atoms with E-state index in [9.17, 15) is 13.2 Å². The molecule has 1 aliphatic carbocycles. The quantitative estimate of drug-likeness (QED) is 0.775. The van der Waals surface area contributed by atoms with Crippen molar-refractivity contribution < 1.29 is 17.9 Å². The van der Waals surface area contributed by atoms with Crippen molar-refractivity contribution in [1.82, 2.24) is 4.72 Å². The molecule has 1 saturated carbocycles. The maximum Gasteiger partial charge on any atom is 0.307 e. The molecule has 5 nitrogen and oxygen atoms in total. The summed E-state index contributed by atoms with van der Waals surface area (Å²) in [6.07, 6.45) is 5.97. The van der Waals surface area contributed by atoms with Crippen LogP contribution < -0.4 is 4.72 Å². The van der Waals surface area contributed by atoms with Gasteiger partial charge in [0.1, 0.15) is 0 Å². The van der Waals surface area contributed by atoms with Gasteiger partial charge in [-0.2, -0.15) is 0 Å². The highest BCUT2D eigenvalue weighted by Crippen LogP contribution is 2.23. The van der Waals surface area contributed by atoms with Crippen molar-refractivity contribution in [2.24, 2.45) is 5.92 Å². The summed E-state index contributed by atoms with van der Waals surface area (Å²) in [5, 5.41) is 0. The highest BCUT2D eigenvalue weighted by atomic mass is 32.2. The van der Waals surface area contributed by atoms with Gasteiger partial charge in [-0.15, -0.1) is 0 Å². The van der Waals surface area contributed by atoms with Crippen molar-refractivity contribution >= 4 is 16.0 Å². The summed E-state index contributed by atoms with van der Waals surface area (Å²) in [6, 6.07) is 6.60. The lowest BCUT2D eigenvalue weighted by Crippen LogP contribution is -2.27. The molecule has 1 fully saturated rings. The Labute approximate surface area is 138 Å². The number of aryl methyl sites for hydroxylation is 1. The molecule has 1 aromatic carbocycles. The average Bonchev–Trinajstić information content (AvgIpc) is 2.54. The molecule has 1 aromatic rings. The fourth-order valence-corrected chi connectivity index (χ4v) is 3.76. The van der Waals surface area contributed by atoms with Gasteiger partial charge in [-0.1, -0.05) is 37.0 Å². The number of carbonyl (C=O) groups is 1. The fourth-order valence-electron chi connectivity index (χ4n) is 2.72. The average molecular weight is 339 g/mol. The lowest BCUT2D eigenvalue weighted by Gasteiger charge is -2.21. The molecule has 23 heavy (non-hydrogen) atoms. The van der Waals surface area contributed by atoms with Crippen LogP contribution in [0.4, 0.5) is 0 Å². The Kier molecular flexibility index (Phi) is 6.59. The van der Waals surface area contributed by atoms with Crippen LogP contribution in [0.2, 0.25) is 0 Å². The van der Waals surface area contributed by atoms with Gasteiger partial charge in [0, 0.05) is 6.54 Å². The monoisotopic (exact) mass is 339 g/mol. The van der Waals surface area contributed by atoms with Crippen LogP contribution in [-0.4, -0.2) is 27.5 Å². The number of carbonyl (C=O) groups excluding carboxylic acids is 1. The van der Waals surface area contributed by atoms with Gasteiger partial charge in [-0.25, -0.2) is 13.1 Å². The van der Waals surface area contributed by atoms with Crippen LogP contribution in [-0.2, 0) is 19.6 Å². The van der Waals surface area contributed by atoms with Gasteiger partial charge < -0.3 is 4.74 Å². The molecule has 0 spiro atoms. The molecule has 0 amide bonds. The summed E-state index contributed by atoms with van der Waals surface area (Å²) in [5.41, 5.74) is 0.996. The standard InChI is InChI=1S/C17H25NO4S/c1-14-7-9-16(10-8-14)23(20,21)18-12-11-17(19)22-13-15-5-3-2-4-6-15/h7-10,15,18H,2-6,11-13H2,1H3. The van der Waals surface area contributed by atoms with Gasteiger partial charge in [-0.3, -0.25) is 4.79 Å². The summed E-state index contributed by atoms with van der Waals surface area (Å²) in [5.74, 6) is 0.124. The second-order valence-corrected chi connectivity index (χ2v) is 7.91. The SMILES string of the molecule is Cc1ccc(S(=O)(=O)NCCC(=O)OCC2CCCCC2)cc1. The molecule has 0 unspecified atom stereocenters. The third-order valence-electron chi connectivity index (χ3n) is 4.16. The van der Waals surface area contributed by atoms with Crippen molar-refractivity contribution in [3.63, 3.8) is 0 Å². The molecule has 0 bridgehead atoms. The first-order valence-corrected chi connectivity index (χ1v) is 9.67. The largest absolute Gasteiger partial charge is 0.465 e. The molecule has 0 heterocycles. The molecule has 0 aliphatic heterocycles. The molecule has 0 atom stereocenters. The molecule has 128 valence electrons. The highest BCUT2D eigenvalue weighted by molar-refractivity contribution is 7.89. The van der Waals surface area contributed by atoms with Gasteiger partial charge in [-0.05, 0) is 37.8 Å². The van der Waals surface area contributed by atoms with Gasteiger partial charge in [0.2, 0.25) is 10.0 Å². The molecule has 1 N–H and O–H groups in total. The van der Waals surface area contributed by atoms with Crippen LogP contribution in [0.1, 0.15) is 44.1 Å². The van der Waals surface area contributed by atoms with Crippen molar-refractivity contribution in [1.29, 1.82) is 0 Å².